The molecule has 2 rings (SSSR count). The minimum absolute atomic E-state index is 0.132. The Labute approximate surface area is 117 Å². The van der Waals surface area contributed by atoms with E-state index >= 15 is 0 Å². The van der Waals surface area contributed by atoms with E-state index < -0.39 is 11.6 Å². The van der Waals surface area contributed by atoms with Gasteiger partial charge in [0.1, 0.15) is 0 Å². The van der Waals surface area contributed by atoms with E-state index in [9.17, 15) is 8.78 Å². The van der Waals surface area contributed by atoms with Crippen LogP contribution in [0.1, 0.15) is 16.0 Å². The van der Waals surface area contributed by atoms with Gasteiger partial charge < -0.3 is 0 Å². The molecule has 1 nitrogen and oxygen atoms in total. The summed E-state index contributed by atoms with van der Waals surface area (Å²) < 4.78 is 26.0. The minimum atomic E-state index is -0.849. The van der Waals surface area contributed by atoms with E-state index in [1.54, 1.807) is 24.5 Å². The lowest BCUT2D eigenvalue weighted by Gasteiger charge is -2.11. The smallest absolute Gasteiger partial charge is 0.159 e. The van der Waals surface area contributed by atoms with Crippen molar-refractivity contribution >= 4 is 27.5 Å². The van der Waals surface area contributed by atoms with Gasteiger partial charge in [-0.05, 0) is 35.7 Å². The van der Waals surface area contributed by atoms with Crippen molar-refractivity contribution in [1.29, 1.82) is 0 Å². The van der Waals surface area contributed by atoms with Crippen molar-refractivity contribution in [1.82, 2.24) is 4.98 Å². The summed E-state index contributed by atoms with van der Waals surface area (Å²) in [5, 5.41) is 0.560. The highest BCUT2D eigenvalue weighted by molar-refractivity contribution is 9.09. The Morgan fingerprint density at radius 2 is 2.00 bits per heavy atom. The van der Waals surface area contributed by atoms with Crippen molar-refractivity contribution < 1.29 is 8.78 Å². The fraction of sp³-hybridized carbons (Fsp3) is 0.154. The zero-order chi connectivity index (χ0) is 13.1. The first-order chi connectivity index (χ1) is 8.58. The molecule has 94 valence electrons. The van der Waals surface area contributed by atoms with Gasteiger partial charge in [0.15, 0.2) is 11.6 Å². The Hall–Kier alpha value is -1.00. The number of hydrogen-bond acceptors (Lipinski definition) is 1. The number of halogens is 4. The second-order valence-electron chi connectivity index (χ2n) is 3.81. The predicted molar refractivity (Wildman–Crippen MR) is 71.0 cm³/mol. The van der Waals surface area contributed by atoms with Crippen LogP contribution in [0, 0.1) is 11.6 Å². The maximum absolute atomic E-state index is 13.1. The molecule has 1 aromatic carbocycles. The number of aromatic nitrogens is 1. The summed E-state index contributed by atoms with van der Waals surface area (Å²) in [5.74, 6) is -1.70. The van der Waals surface area contributed by atoms with E-state index in [-0.39, 0.29) is 4.83 Å². The topological polar surface area (TPSA) is 12.9 Å². The average molecular weight is 333 g/mol. The molecule has 1 atom stereocenters. The summed E-state index contributed by atoms with van der Waals surface area (Å²) in [6, 6.07) is 5.65. The van der Waals surface area contributed by atoms with Crippen LogP contribution in [0.5, 0.6) is 0 Å². The molecule has 0 fully saturated rings. The number of nitrogens with zero attached hydrogens (tertiary/aromatic N) is 1. The van der Waals surface area contributed by atoms with Crippen LogP contribution >= 0.6 is 27.5 Å². The molecule has 0 aliphatic rings. The highest BCUT2D eigenvalue weighted by atomic mass is 79.9. The summed E-state index contributed by atoms with van der Waals surface area (Å²) in [6.07, 6.45) is 3.78. The molecule has 0 amide bonds. The van der Waals surface area contributed by atoms with E-state index in [0.29, 0.717) is 17.0 Å². The lowest BCUT2D eigenvalue weighted by Crippen LogP contribution is -1.98. The Morgan fingerprint density at radius 3 is 2.67 bits per heavy atom. The molecule has 1 aromatic heterocycles. The van der Waals surface area contributed by atoms with Gasteiger partial charge in [-0.3, -0.25) is 4.98 Å². The predicted octanol–water partition coefficient (Wildman–Crippen LogP) is 4.69. The fourth-order valence-electron chi connectivity index (χ4n) is 1.59. The summed E-state index contributed by atoms with van der Waals surface area (Å²) in [4.78, 5) is 3.76. The van der Waals surface area contributed by atoms with Crippen LogP contribution in [0.15, 0.2) is 36.7 Å². The summed E-state index contributed by atoms with van der Waals surface area (Å²) in [5.41, 5.74) is 1.57. The molecule has 0 bridgehead atoms. The number of hydrogen-bond donors (Lipinski definition) is 0. The van der Waals surface area contributed by atoms with E-state index in [1.165, 1.54) is 6.07 Å². The Morgan fingerprint density at radius 1 is 1.22 bits per heavy atom. The molecule has 1 heterocycles. The van der Waals surface area contributed by atoms with Gasteiger partial charge in [-0.1, -0.05) is 33.6 Å². The largest absolute Gasteiger partial charge is 0.263 e. The van der Waals surface area contributed by atoms with Gasteiger partial charge >= 0.3 is 0 Å². The SMILES string of the molecule is Fc1ccc(C(Br)Cc2ccncc2Cl)cc1F. The van der Waals surface area contributed by atoms with E-state index in [2.05, 4.69) is 20.9 Å². The van der Waals surface area contributed by atoms with Crippen LogP contribution in [0.4, 0.5) is 8.78 Å². The maximum Gasteiger partial charge on any atom is 0.159 e. The monoisotopic (exact) mass is 331 g/mol. The van der Waals surface area contributed by atoms with Gasteiger partial charge in [0, 0.05) is 17.2 Å². The van der Waals surface area contributed by atoms with Crippen LogP contribution < -0.4 is 0 Å². The third-order valence-electron chi connectivity index (χ3n) is 2.56. The van der Waals surface area contributed by atoms with E-state index in [0.717, 1.165) is 11.6 Å². The zero-order valence-electron chi connectivity index (χ0n) is 9.21. The van der Waals surface area contributed by atoms with Crippen molar-refractivity contribution in [3.05, 3.63) is 64.4 Å². The molecule has 0 spiro atoms. The van der Waals surface area contributed by atoms with E-state index in [4.69, 9.17) is 11.6 Å². The quantitative estimate of drug-likeness (QED) is 0.743. The average Bonchev–Trinajstić information content (AvgIpc) is 2.35. The highest BCUT2D eigenvalue weighted by Crippen LogP contribution is 2.30. The minimum Gasteiger partial charge on any atom is -0.263 e. The molecule has 2 aromatic rings. The fourth-order valence-corrected chi connectivity index (χ4v) is 2.42. The third kappa shape index (κ3) is 3.06. The standard InChI is InChI=1S/C13H9BrClF2N/c14-10(5-9-3-4-18-7-11(9)15)8-1-2-12(16)13(17)6-8/h1-4,6-7,10H,5H2. The molecule has 1 unspecified atom stereocenters. The molecule has 0 radical (unpaired) electrons. The van der Waals surface area contributed by atoms with Gasteiger partial charge in [-0.15, -0.1) is 0 Å². The Balaban J connectivity index is 2.19. The molecule has 5 heteroatoms. The first-order valence-electron chi connectivity index (χ1n) is 5.25. The molecule has 0 saturated heterocycles. The molecule has 0 N–H and O–H groups in total. The summed E-state index contributed by atoms with van der Waals surface area (Å²) in [6.45, 7) is 0. The number of alkyl halides is 1. The number of rotatable bonds is 3. The first kappa shape index (κ1) is 13.4. The van der Waals surface area contributed by atoms with Crippen molar-refractivity contribution in [3.63, 3.8) is 0 Å². The third-order valence-corrected chi connectivity index (χ3v) is 3.75. The second kappa shape index (κ2) is 5.76. The molecule has 0 aliphatic carbocycles. The number of pyridine rings is 1. The summed E-state index contributed by atoms with van der Waals surface area (Å²) >= 11 is 9.44. The van der Waals surface area contributed by atoms with Gasteiger partial charge in [-0.25, -0.2) is 8.78 Å². The van der Waals surface area contributed by atoms with E-state index in [1.807, 2.05) is 0 Å². The van der Waals surface area contributed by atoms with Crippen LogP contribution in [0.2, 0.25) is 5.02 Å². The molecule has 0 aliphatic heterocycles. The van der Waals surface area contributed by atoms with Gasteiger partial charge in [-0.2, -0.15) is 0 Å². The maximum atomic E-state index is 13.1. The van der Waals surface area contributed by atoms with Crippen molar-refractivity contribution in [3.8, 4) is 0 Å². The van der Waals surface area contributed by atoms with Crippen LogP contribution in [0.3, 0.4) is 0 Å². The molecule has 0 saturated carbocycles. The van der Waals surface area contributed by atoms with Gasteiger partial charge in [0.05, 0.1) is 5.02 Å². The van der Waals surface area contributed by atoms with Crippen LogP contribution in [-0.4, -0.2) is 4.98 Å². The summed E-state index contributed by atoms with van der Waals surface area (Å²) in [7, 11) is 0. The van der Waals surface area contributed by atoms with Crippen LogP contribution in [-0.2, 0) is 6.42 Å². The van der Waals surface area contributed by atoms with Crippen molar-refractivity contribution in [2.45, 2.75) is 11.2 Å². The van der Waals surface area contributed by atoms with Crippen molar-refractivity contribution in [2.24, 2.45) is 0 Å². The zero-order valence-corrected chi connectivity index (χ0v) is 11.5. The lowest BCUT2D eigenvalue weighted by molar-refractivity contribution is 0.507. The van der Waals surface area contributed by atoms with Crippen LogP contribution in [0.25, 0.3) is 0 Å². The second-order valence-corrected chi connectivity index (χ2v) is 5.32. The number of benzene rings is 1. The normalized spacial score (nSPS) is 12.4. The molecular weight excluding hydrogens is 324 g/mol. The first-order valence-corrected chi connectivity index (χ1v) is 6.54. The highest BCUT2D eigenvalue weighted by Gasteiger charge is 2.13. The van der Waals surface area contributed by atoms with Gasteiger partial charge in [0.2, 0.25) is 0 Å². The van der Waals surface area contributed by atoms with Crippen molar-refractivity contribution in [2.75, 3.05) is 0 Å². The Bertz CT molecular complexity index is 562. The van der Waals surface area contributed by atoms with Gasteiger partial charge in [0.25, 0.3) is 0 Å². The molecular formula is C13H9BrClF2N. The lowest BCUT2D eigenvalue weighted by atomic mass is 10.1. The Kier molecular flexibility index (Phi) is 4.30. The molecule has 18 heavy (non-hydrogen) atoms.